The van der Waals surface area contributed by atoms with Crippen molar-refractivity contribution in [1.29, 1.82) is 0 Å². The maximum Gasteiger partial charge on any atom is 0.256 e. The quantitative estimate of drug-likeness (QED) is 0.539. The summed E-state index contributed by atoms with van der Waals surface area (Å²) in [5.74, 6) is 0.713. The molecule has 0 radical (unpaired) electrons. The lowest BCUT2D eigenvalue weighted by molar-refractivity contribution is 0.100. The first-order chi connectivity index (χ1) is 13.4. The number of hydrogen-bond donors (Lipinski definition) is 3. The molecule has 0 bridgehead atoms. The zero-order valence-electron chi connectivity index (χ0n) is 15.7. The zero-order chi connectivity index (χ0) is 20.3. The number of primary amides is 1. The van der Waals surface area contributed by atoms with Crippen molar-refractivity contribution in [2.75, 3.05) is 12.4 Å². The molecule has 0 aliphatic heterocycles. The number of anilines is 2. The molecule has 0 aliphatic carbocycles. The van der Waals surface area contributed by atoms with Gasteiger partial charge < -0.3 is 15.8 Å². The Balaban J connectivity index is 1.93. The molecule has 0 saturated heterocycles. The summed E-state index contributed by atoms with van der Waals surface area (Å²) in [6, 6.07) is 10.8. The van der Waals surface area contributed by atoms with Gasteiger partial charge in [-0.3, -0.25) is 9.89 Å². The van der Waals surface area contributed by atoms with Crippen molar-refractivity contribution < 1.29 is 9.53 Å². The number of amides is 1. The molecule has 0 saturated carbocycles. The number of nitrogens with two attached hydrogens (primary N) is 1. The summed E-state index contributed by atoms with van der Waals surface area (Å²) in [5, 5.41) is 10.5. The summed E-state index contributed by atoms with van der Waals surface area (Å²) >= 11 is 5.99. The predicted octanol–water partition coefficient (Wildman–Crippen LogP) is 4.28. The first-order valence-corrected chi connectivity index (χ1v) is 8.87. The molecule has 0 fully saturated rings. The van der Waals surface area contributed by atoms with E-state index in [-0.39, 0.29) is 17.2 Å². The van der Waals surface area contributed by atoms with Crippen molar-refractivity contribution in [1.82, 2.24) is 10.2 Å². The molecule has 144 valence electrons. The number of aliphatic imine (C=N–C) groups is 1. The summed E-state index contributed by atoms with van der Waals surface area (Å²) < 4.78 is 5.32. The number of carbonyl (C=O) groups is 1. The minimum atomic E-state index is -0.645. The number of nitrogens with zero attached hydrogens (tertiary/aromatic N) is 2. The largest absolute Gasteiger partial charge is 0.496 e. The molecule has 0 spiro atoms. The molecule has 0 aliphatic rings. The minimum Gasteiger partial charge on any atom is -0.496 e. The van der Waals surface area contributed by atoms with Crippen LogP contribution in [0.25, 0.3) is 0 Å². The van der Waals surface area contributed by atoms with Gasteiger partial charge >= 0.3 is 0 Å². The maximum atomic E-state index is 12.0. The fraction of sp³-hybridized carbons (Fsp3) is 0.150. The molecule has 28 heavy (non-hydrogen) atoms. The van der Waals surface area contributed by atoms with Gasteiger partial charge in [0.25, 0.3) is 5.91 Å². The van der Waals surface area contributed by atoms with E-state index in [4.69, 9.17) is 22.1 Å². The Labute approximate surface area is 167 Å². The molecule has 7 nitrogen and oxygen atoms in total. The number of aromatic amines is 1. The van der Waals surface area contributed by atoms with Crippen LogP contribution in [0.3, 0.4) is 0 Å². The second kappa shape index (κ2) is 8.14. The molecule has 8 heteroatoms. The molecule has 2 aromatic carbocycles. The minimum absolute atomic E-state index is 0.166. The monoisotopic (exact) mass is 397 g/mol. The third-order valence-electron chi connectivity index (χ3n) is 4.41. The molecule has 3 rings (SSSR count). The summed E-state index contributed by atoms with van der Waals surface area (Å²) in [5.41, 5.74) is 9.34. The van der Waals surface area contributed by atoms with Crippen LogP contribution in [0, 0.1) is 13.8 Å². The van der Waals surface area contributed by atoms with Crippen molar-refractivity contribution in [3.05, 3.63) is 63.7 Å². The Kier molecular flexibility index (Phi) is 5.65. The predicted molar refractivity (Wildman–Crippen MR) is 112 cm³/mol. The number of nitrogens with one attached hydrogen (secondary N) is 2. The molecule has 0 atom stereocenters. The number of H-pyrrole nitrogens is 1. The van der Waals surface area contributed by atoms with Gasteiger partial charge in [0.05, 0.1) is 7.11 Å². The maximum absolute atomic E-state index is 12.0. The fourth-order valence-corrected chi connectivity index (χ4v) is 2.96. The van der Waals surface area contributed by atoms with Gasteiger partial charge in [-0.15, -0.1) is 0 Å². The van der Waals surface area contributed by atoms with Gasteiger partial charge in [-0.2, -0.15) is 5.10 Å². The van der Waals surface area contributed by atoms with E-state index in [1.165, 1.54) is 0 Å². The molecule has 0 unspecified atom stereocenters. The zero-order valence-corrected chi connectivity index (χ0v) is 16.5. The van der Waals surface area contributed by atoms with Crippen LogP contribution < -0.4 is 15.8 Å². The van der Waals surface area contributed by atoms with E-state index in [0.717, 1.165) is 22.4 Å². The van der Waals surface area contributed by atoms with Crippen molar-refractivity contribution in [3.63, 3.8) is 0 Å². The molecular weight excluding hydrogens is 378 g/mol. The molecular formula is C20H20ClN5O2. The first-order valence-electron chi connectivity index (χ1n) is 8.49. The first kappa shape index (κ1) is 19.4. The summed E-state index contributed by atoms with van der Waals surface area (Å²) in [7, 11) is 1.63. The Hall–Kier alpha value is -3.32. The Morgan fingerprint density at radius 1 is 1.29 bits per heavy atom. The van der Waals surface area contributed by atoms with E-state index in [0.29, 0.717) is 10.7 Å². The molecule has 1 aromatic heterocycles. The van der Waals surface area contributed by atoms with Crippen molar-refractivity contribution in [3.8, 4) is 5.75 Å². The Morgan fingerprint density at radius 2 is 2.07 bits per heavy atom. The van der Waals surface area contributed by atoms with Gasteiger partial charge in [-0.25, -0.2) is 4.99 Å². The molecule has 3 aromatic rings. The number of benzene rings is 2. The van der Waals surface area contributed by atoms with Crippen LogP contribution in [0.2, 0.25) is 5.02 Å². The Morgan fingerprint density at radius 3 is 2.75 bits per heavy atom. The number of ether oxygens (including phenoxy) is 1. The van der Waals surface area contributed by atoms with E-state index in [1.54, 1.807) is 37.6 Å². The van der Waals surface area contributed by atoms with Crippen molar-refractivity contribution in [2.24, 2.45) is 10.7 Å². The van der Waals surface area contributed by atoms with E-state index in [9.17, 15) is 4.79 Å². The van der Waals surface area contributed by atoms with Gasteiger partial charge in [0.2, 0.25) is 0 Å². The SMILES string of the molecule is COc1ccc(/C=N/c2[nH]nc(Nc3cccc(Cl)c3)c2C(N)=O)c(C)c1C. The lowest BCUT2D eigenvalue weighted by Crippen LogP contribution is -2.12. The highest BCUT2D eigenvalue weighted by atomic mass is 35.5. The van der Waals surface area contributed by atoms with Crippen LogP contribution in [0.5, 0.6) is 5.75 Å². The van der Waals surface area contributed by atoms with Crippen LogP contribution in [0.4, 0.5) is 17.3 Å². The van der Waals surface area contributed by atoms with Crippen molar-refractivity contribution >= 4 is 41.0 Å². The van der Waals surface area contributed by atoms with Crippen LogP contribution in [-0.4, -0.2) is 29.4 Å². The number of hydrogen-bond acceptors (Lipinski definition) is 5. The average Bonchev–Trinajstić information content (AvgIpc) is 3.05. The Bertz CT molecular complexity index is 1060. The van der Waals surface area contributed by atoms with E-state index in [1.807, 2.05) is 26.0 Å². The summed E-state index contributed by atoms with van der Waals surface area (Å²) in [4.78, 5) is 16.4. The summed E-state index contributed by atoms with van der Waals surface area (Å²) in [6.45, 7) is 3.96. The summed E-state index contributed by atoms with van der Waals surface area (Å²) in [6.07, 6.45) is 1.66. The highest BCUT2D eigenvalue weighted by molar-refractivity contribution is 6.30. The number of halogens is 1. The lowest BCUT2D eigenvalue weighted by atomic mass is 10.0. The highest BCUT2D eigenvalue weighted by Gasteiger charge is 2.18. The van der Waals surface area contributed by atoms with Crippen LogP contribution in [0.15, 0.2) is 41.4 Å². The normalized spacial score (nSPS) is 11.0. The van der Waals surface area contributed by atoms with Crippen LogP contribution >= 0.6 is 11.6 Å². The van der Waals surface area contributed by atoms with Gasteiger partial charge in [-0.1, -0.05) is 17.7 Å². The fourth-order valence-electron chi connectivity index (χ4n) is 2.76. The van der Waals surface area contributed by atoms with Crippen LogP contribution in [-0.2, 0) is 0 Å². The number of methoxy groups -OCH3 is 1. The molecule has 1 amide bonds. The second-order valence-corrected chi connectivity index (χ2v) is 6.60. The van der Waals surface area contributed by atoms with E-state index < -0.39 is 5.91 Å². The van der Waals surface area contributed by atoms with Gasteiger partial charge in [0.1, 0.15) is 11.3 Å². The van der Waals surface area contributed by atoms with Gasteiger partial charge in [0.15, 0.2) is 11.6 Å². The van der Waals surface area contributed by atoms with E-state index >= 15 is 0 Å². The van der Waals surface area contributed by atoms with Gasteiger partial charge in [0, 0.05) is 16.9 Å². The smallest absolute Gasteiger partial charge is 0.256 e. The van der Waals surface area contributed by atoms with E-state index in [2.05, 4.69) is 20.5 Å². The topological polar surface area (TPSA) is 105 Å². The highest BCUT2D eigenvalue weighted by Crippen LogP contribution is 2.28. The third kappa shape index (κ3) is 3.99. The number of aromatic nitrogens is 2. The molecule has 1 heterocycles. The lowest BCUT2D eigenvalue weighted by Gasteiger charge is -2.09. The number of rotatable bonds is 6. The molecule has 4 N–H and O–H groups in total. The average molecular weight is 398 g/mol. The standard InChI is InChI=1S/C20H20ClN5O2/c1-11-12(2)16(28-3)8-7-13(11)10-23-19-17(18(22)27)20(26-25-19)24-15-6-4-5-14(21)9-15/h4-10H,1-3H3,(H2,22,27)(H2,24,25,26)/b23-10+. The second-order valence-electron chi connectivity index (χ2n) is 6.16. The van der Waals surface area contributed by atoms with Gasteiger partial charge in [-0.05, 0) is 60.9 Å². The number of carbonyl (C=O) groups excluding carboxylic acids is 1. The van der Waals surface area contributed by atoms with Crippen molar-refractivity contribution in [2.45, 2.75) is 13.8 Å². The third-order valence-corrected chi connectivity index (χ3v) is 4.65. The van der Waals surface area contributed by atoms with Crippen LogP contribution in [0.1, 0.15) is 27.0 Å².